The monoisotopic (exact) mass is 637 g/mol. The van der Waals surface area contributed by atoms with Gasteiger partial charge in [0.1, 0.15) is 12.6 Å². The number of carbonyl (C=O) groups excluding carboxylic acids is 2. The lowest BCUT2D eigenvalue weighted by molar-refractivity contribution is -0.140. The number of hydrogen-bond donors (Lipinski definition) is 1. The third-order valence-electron chi connectivity index (χ3n) is 6.54. The fraction of sp³-hybridized carbons (Fsp3) is 0.333. The van der Waals surface area contributed by atoms with Crippen molar-refractivity contribution in [3.8, 4) is 0 Å². The van der Waals surface area contributed by atoms with Gasteiger partial charge in [0.25, 0.3) is 10.0 Å². The van der Waals surface area contributed by atoms with E-state index in [0.29, 0.717) is 33.6 Å². The smallest absolute Gasteiger partial charge is 0.264 e. The van der Waals surface area contributed by atoms with E-state index in [2.05, 4.69) is 5.32 Å². The third-order valence-corrected chi connectivity index (χ3v) is 9.30. The Kier molecular flexibility index (Phi) is 11.9. The summed E-state index contributed by atoms with van der Waals surface area (Å²) in [6.45, 7) is 5.60. The molecule has 0 aliphatic heterocycles. The predicted molar refractivity (Wildman–Crippen MR) is 166 cm³/mol. The topological polar surface area (TPSA) is 86.8 Å². The van der Waals surface area contributed by atoms with Crippen LogP contribution in [0, 0.1) is 6.92 Å². The first-order valence-electron chi connectivity index (χ1n) is 13.3. The zero-order valence-corrected chi connectivity index (χ0v) is 26.3. The average molecular weight is 639 g/mol. The van der Waals surface area contributed by atoms with E-state index in [-0.39, 0.29) is 23.0 Å². The van der Waals surface area contributed by atoms with E-state index in [1.165, 1.54) is 23.1 Å². The Morgan fingerprint density at radius 3 is 2.24 bits per heavy atom. The first kappa shape index (κ1) is 32.7. The molecule has 41 heavy (non-hydrogen) atoms. The van der Waals surface area contributed by atoms with Crippen LogP contribution in [0.25, 0.3) is 0 Å². The third kappa shape index (κ3) is 8.61. The molecule has 2 amide bonds. The molecule has 3 aromatic carbocycles. The van der Waals surface area contributed by atoms with E-state index in [4.69, 9.17) is 34.8 Å². The Bertz CT molecular complexity index is 1470. The van der Waals surface area contributed by atoms with Crippen molar-refractivity contribution < 1.29 is 18.0 Å². The van der Waals surface area contributed by atoms with E-state index < -0.39 is 28.5 Å². The molecule has 220 valence electrons. The number of hydrogen-bond acceptors (Lipinski definition) is 4. The minimum Gasteiger partial charge on any atom is -0.354 e. The number of nitrogens with one attached hydrogen (secondary N) is 1. The SMILES string of the molecule is CCCCNC(=O)C(CC)N(Cc1ccc(Cl)c(Cl)c1)C(=O)CN(c1cccc(Cl)c1)S(=O)(=O)c1ccc(C)cc1. The molecule has 3 rings (SSSR count). The van der Waals surface area contributed by atoms with Crippen LogP contribution in [-0.2, 0) is 26.2 Å². The first-order chi connectivity index (χ1) is 19.5. The first-order valence-corrected chi connectivity index (χ1v) is 15.9. The second kappa shape index (κ2) is 14.9. The molecule has 0 bridgehead atoms. The van der Waals surface area contributed by atoms with Crippen LogP contribution in [0.2, 0.25) is 15.1 Å². The highest BCUT2D eigenvalue weighted by Gasteiger charge is 2.33. The molecule has 1 unspecified atom stereocenters. The molecule has 1 N–H and O–H groups in total. The number of benzene rings is 3. The maximum absolute atomic E-state index is 14.1. The number of anilines is 1. The van der Waals surface area contributed by atoms with Crippen LogP contribution in [0.15, 0.2) is 71.6 Å². The van der Waals surface area contributed by atoms with Gasteiger partial charge in [-0.2, -0.15) is 0 Å². The molecule has 3 aromatic rings. The quantitative estimate of drug-likeness (QED) is 0.207. The summed E-state index contributed by atoms with van der Waals surface area (Å²) >= 11 is 18.6. The molecule has 0 fully saturated rings. The maximum atomic E-state index is 14.1. The van der Waals surface area contributed by atoms with Crippen LogP contribution in [-0.4, -0.2) is 44.3 Å². The van der Waals surface area contributed by atoms with Crippen LogP contribution in [0.1, 0.15) is 44.2 Å². The van der Waals surface area contributed by atoms with Crippen molar-refractivity contribution in [1.82, 2.24) is 10.2 Å². The molecule has 1 atom stereocenters. The minimum atomic E-state index is -4.18. The standard InChI is InChI=1S/C30H34Cl3N3O4S/c1-4-6-16-34-30(38)28(5-2)35(19-22-12-15-26(32)27(33)17-22)29(37)20-36(24-9-7-8-23(31)18-24)41(39,40)25-13-10-21(3)11-14-25/h7-15,17-18,28H,4-6,16,19-20H2,1-3H3,(H,34,38). The van der Waals surface area contributed by atoms with Gasteiger partial charge in [-0.25, -0.2) is 8.42 Å². The van der Waals surface area contributed by atoms with Crippen LogP contribution in [0.5, 0.6) is 0 Å². The lowest BCUT2D eigenvalue weighted by Gasteiger charge is -2.33. The highest BCUT2D eigenvalue weighted by atomic mass is 35.5. The summed E-state index contributed by atoms with van der Waals surface area (Å²) in [5.74, 6) is -0.880. The fourth-order valence-corrected chi connectivity index (χ4v) is 6.17. The van der Waals surface area contributed by atoms with Gasteiger partial charge in [0, 0.05) is 18.1 Å². The summed E-state index contributed by atoms with van der Waals surface area (Å²) in [4.78, 5) is 28.8. The number of nitrogens with zero attached hydrogens (tertiary/aromatic N) is 2. The largest absolute Gasteiger partial charge is 0.354 e. The van der Waals surface area contributed by atoms with E-state index in [0.717, 1.165) is 22.7 Å². The molecule has 0 aliphatic carbocycles. The van der Waals surface area contributed by atoms with E-state index in [1.807, 2.05) is 13.8 Å². The molecule has 0 aliphatic rings. The second-order valence-corrected chi connectivity index (χ2v) is 12.8. The van der Waals surface area contributed by atoms with E-state index in [1.54, 1.807) is 55.5 Å². The molecule has 0 saturated heterocycles. The summed E-state index contributed by atoms with van der Waals surface area (Å²) in [5, 5.41) is 3.87. The molecule has 0 radical (unpaired) electrons. The Balaban J connectivity index is 2.05. The van der Waals surface area contributed by atoms with Gasteiger partial charge in [-0.15, -0.1) is 0 Å². The number of unbranched alkanes of at least 4 members (excludes halogenated alkanes) is 1. The molecule has 7 nitrogen and oxygen atoms in total. The van der Waals surface area contributed by atoms with Crippen molar-refractivity contribution in [3.05, 3.63) is 92.9 Å². The molecule has 0 saturated carbocycles. The zero-order valence-electron chi connectivity index (χ0n) is 23.2. The van der Waals surface area contributed by atoms with Gasteiger partial charge in [-0.3, -0.25) is 13.9 Å². The number of sulfonamides is 1. The number of halogens is 3. The Hall–Kier alpha value is -2.78. The highest BCUT2D eigenvalue weighted by Crippen LogP contribution is 2.28. The van der Waals surface area contributed by atoms with Crippen molar-refractivity contribution in [2.45, 2.75) is 57.5 Å². The minimum absolute atomic E-state index is 0.0173. The molecule has 0 heterocycles. The Labute approximate surface area is 257 Å². The summed E-state index contributed by atoms with van der Waals surface area (Å²) in [5.41, 5.74) is 1.76. The number of carbonyl (C=O) groups is 2. The van der Waals surface area contributed by atoms with Gasteiger partial charge in [0.05, 0.1) is 20.6 Å². The van der Waals surface area contributed by atoms with Crippen molar-refractivity contribution in [2.75, 3.05) is 17.4 Å². The number of amides is 2. The number of aryl methyl sites for hydroxylation is 1. The predicted octanol–water partition coefficient (Wildman–Crippen LogP) is 6.87. The van der Waals surface area contributed by atoms with Crippen LogP contribution in [0.4, 0.5) is 5.69 Å². The van der Waals surface area contributed by atoms with Crippen LogP contribution < -0.4 is 9.62 Å². The maximum Gasteiger partial charge on any atom is 0.264 e. The van der Waals surface area contributed by atoms with Gasteiger partial charge in [0.2, 0.25) is 11.8 Å². The Morgan fingerprint density at radius 2 is 1.63 bits per heavy atom. The molecule has 11 heteroatoms. The number of rotatable bonds is 13. The van der Waals surface area contributed by atoms with Crippen molar-refractivity contribution >= 4 is 62.3 Å². The fourth-order valence-electron chi connectivity index (χ4n) is 4.26. The van der Waals surface area contributed by atoms with Gasteiger partial charge in [0.15, 0.2) is 0 Å². The summed E-state index contributed by atoms with van der Waals surface area (Å²) in [7, 11) is -4.18. The van der Waals surface area contributed by atoms with Crippen LogP contribution >= 0.6 is 34.8 Å². The summed E-state index contributed by atoms with van der Waals surface area (Å²) < 4.78 is 28.8. The Morgan fingerprint density at radius 1 is 0.927 bits per heavy atom. The normalized spacial score (nSPS) is 12.0. The summed E-state index contributed by atoms with van der Waals surface area (Å²) in [6, 6.07) is 16.8. The molecule has 0 spiro atoms. The van der Waals surface area contributed by atoms with Gasteiger partial charge in [-0.1, -0.05) is 84.9 Å². The average Bonchev–Trinajstić information content (AvgIpc) is 2.93. The second-order valence-electron chi connectivity index (χ2n) is 9.64. The van der Waals surface area contributed by atoms with Gasteiger partial charge in [-0.05, 0) is 67.8 Å². The van der Waals surface area contributed by atoms with Crippen molar-refractivity contribution in [3.63, 3.8) is 0 Å². The summed E-state index contributed by atoms with van der Waals surface area (Å²) in [6.07, 6.45) is 2.00. The lowest BCUT2D eigenvalue weighted by Crippen LogP contribution is -2.52. The van der Waals surface area contributed by atoms with Crippen LogP contribution in [0.3, 0.4) is 0 Å². The lowest BCUT2D eigenvalue weighted by atomic mass is 10.1. The van der Waals surface area contributed by atoms with E-state index in [9.17, 15) is 18.0 Å². The van der Waals surface area contributed by atoms with E-state index >= 15 is 0 Å². The molecule has 0 aromatic heterocycles. The molecular formula is C30H34Cl3N3O4S. The van der Waals surface area contributed by atoms with Gasteiger partial charge < -0.3 is 10.2 Å². The van der Waals surface area contributed by atoms with Crippen molar-refractivity contribution in [2.24, 2.45) is 0 Å². The highest BCUT2D eigenvalue weighted by molar-refractivity contribution is 7.92. The zero-order chi connectivity index (χ0) is 30.2. The van der Waals surface area contributed by atoms with Crippen molar-refractivity contribution in [1.29, 1.82) is 0 Å². The van der Waals surface area contributed by atoms with Gasteiger partial charge >= 0.3 is 0 Å². The molecular weight excluding hydrogens is 605 g/mol.